The SMILES string of the molecule is CO[C@H]1C[C@H]2C=C[C@@H]3C[C@]2(O[C@H]3[C@@H](CO)C(C)[C@H](C)O)/C(C)=C/[C@@H](C)[C@@H]([C@@H](C)O)OC1=O. The van der Waals surface area contributed by atoms with E-state index in [9.17, 15) is 20.1 Å². The van der Waals surface area contributed by atoms with Gasteiger partial charge in [-0.25, -0.2) is 4.79 Å². The van der Waals surface area contributed by atoms with E-state index in [1.807, 2.05) is 20.8 Å². The Hall–Kier alpha value is -1.25. The Kier molecular flexibility index (Phi) is 7.88. The van der Waals surface area contributed by atoms with Crippen molar-refractivity contribution in [3.8, 4) is 0 Å². The van der Waals surface area contributed by atoms with E-state index in [0.717, 1.165) is 12.0 Å². The molecule has 0 saturated carbocycles. The van der Waals surface area contributed by atoms with E-state index < -0.39 is 36.0 Å². The summed E-state index contributed by atoms with van der Waals surface area (Å²) in [5, 5.41) is 30.6. The minimum atomic E-state index is -0.829. The third-order valence-corrected chi connectivity index (χ3v) is 8.01. The van der Waals surface area contributed by atoms with Gasteiger partial charge in [0.25, 0.3) is 0 Å². The van der Waals surface area contributed by atoms with Crippen LogP contribution in [0.4, 0.5) is 0 Å². The molecule has 3 N–H and O–H groups in total. The average molecular weight is 453 g/mol. The Morgan fingerprint density at radius 3 is 2.47 bits per heavy atom. The minimum Gasteiger partial charge on any atom is -0.457 e. The minimum absolute atomic E-state index is 0.0713. The fourth-order valence-corrected chi connectivity index (χ4v) is 5.85. The molecule has 182 valence electrons. The number of hydrogen-bond donors (Lipinski definition) is 3. The molecule has 2 bridgehead atoms. The van der Waals surface area contributed by atoms with Crippen LogP contribution >= 0.6 is 0 Å². The maximum Gasteiger partial charge on any atom is 0.335 e. The van der Waals surface area contributed by atoms with Crippen LogP contribution in [-0.2, 0) is 19.0 Å². The molecule has 0 aromatic heterocycles. The van der Waals surface area contributed by atoms with Crippen molar-refractivity contribution in [2.45, 2.75) is 83.6 Å². The highest BCUT2D eigenvalue weighted by molar-refractivity contribution is 5.75. The van der Waals surface area contributed by atoms with Crippen molar-refractivity contribution in [3.05, 3.63) is 23.8 Å². The molecule has 3 aliphatic rings. The van der Waals surface area contributed by atoms with Gasteiger partial charge in [-0.15, -0.1) is 0 Å². The summed E-state index contributed by atoms with van der Waals surface area (Å²) in [7, 11) is 1.49. The highest BCUT2D eigenvalue weighted by Gasteiger charge is 2.56. The Morgan fingerprint density at radius 1 is 1.22 bits per heavy atom. The monoisotopic (exact) mass is 452 g/mol. The first kappa shape index (κ1) is 25.4. The molecule has 0 amide bonds. The molecular formula is C25H40O7. The molecule has 1 fully saturated rings. The largest absolute Gasteiger partial charge is 0.457 e. The van der Waals surface area contributed by atoms with Crippen molar-refractivity contribution in [1.29, 1.82) is 0 Å². The Balaban J connectivity index is 2.04. The molecule has 0 radical (unpaired) electrons. The summed E-state index contributed by atoms with van der Waals surface area (Å²) in [5.41, 5.74) is 0.397. The van der Waals surface area contributed by atoms with Crippen LogP contribution in [0.5, 0.6) is 0 Å². The first-order valence-electron chi connectivity index (χ1n) is 11.8. The molecule has 7 heteroatoms. The predicted molar refractivity (Wildman–Crippen MR) is 120 cm³/mol. The number of carbonyl (C=O) groups is 1. The average Bonchev–Trinajstić information content (AvgIpc) is 3.05. The van der Waals surface area contributed by atoms with Gasteiger partial charge in [0.05, 0.1) is 23.9 Å². The molecule has 2 heterocycles. The van der Waals surface area contributed by atoms with E-state index in [4.69, 9.17) is 14.2 Å². The zero-order valence-electron chi connectivity index (χ0n) is 20.1. The Labute approximate surface area is 191 Å². The molecule has 7 nitrogen and oxygen atoms in total. The van der Waals surface area contributed by atoms with E-state index in [-0.39, 0.29) is 42.3 Å². The van der Waals surface area contributed by atoms with Crippen LogP contribution in [0, 0.1) is 29.6 Å². The molecule has 0 aromatic carbocycles. The van der Waals surface area contributed by atoms with Gasteiger partial charge in [0, 0.05) is 37.4 Å². The van der Waals surface area contributed by atoms with E-state index in [0.29, 0.717) is 6.42 Å². The smallest absolute Gasteiger partial charge is 0.335 e. The standard InChI is InChI=1S/C25H40O7/c1-13-9-14(2)25-11-18(23(32-25)20(12-26)15(3)16(4)27)7-8-19(25)10-21(30-6)24(29)31-22(13)17(5)28/h7-9,13,15-23,26-28H,10-12H2,1-6H3/b14-9+/t13-,15?,16+,17-,18-,19-,20+,21+,22+,23-,25+/m1/s1. The van der Waals surface area contributed by atoms with Crippen molar-refractivity contribution in [2.75, 3.05) is 13.7 Å². The van der Waals surface area contributed by atoms with Gasteiger partial charge in [0.15, 0.2) is 6.10 Å². The van der Waals surface area contributed by atoms with E-state index >= 15 is 0 Å². The van der Waals surface area contributed by atoms with Gasteiger partial charge >= 0.3 is 5.97 Å². The topological polar surface area (TPSA) is 105 Å². The third kappa shape index (κ3) is 4.55. The van der Waals surface area contributed by atoms with Gasteiger partial charge in [0.2, 0.25) is 0 Å². The molecule has 2 aliphatic heterocycles. The van der Waals surface area contributed by atoms with Crippen LogP contribution in [0.3, 0.4) is 0 Å². The van der Waals surface area contributed by atoms with Crippen LogP contribution in [0.2, 0.25) is 0 Å². The number of fused-ring (bicyclic) bond motifs is 1. The van der Waals surface area contributed by atoms with Crippen molar-refractivity contribution in [1.82, 2.24) is 0 Å². The quantitative estimate of drug-likeness (QED) is 0.419. The van der Waals surface area contributed by atoms with Crippen LogP contribution < -0.4 is 0 Å². The summed E-state index contributed by atoms with van der Waals surface area (Å²) in [6.45, 7) is 9.20. The zero-order chi connectivity index (χ0) is 23.8. The van der Waals surface area contributed by atoms with E-state index in [1.54, 1.807) is 13.8 Å². The number of ether oxygens (including phenoxy) is 3. The summed E-state index contributed by atoms with van der Waals surface area (Å²) >= 11 is 0. The number of aliphatic hydroxyl groups excluding tert-OH is 3. The molecule has 11 atom stereocenters. The van der Waals surface area contributed by atoms with Gasteiger partial charge in [-0.2, -0.15) is 0 Å². The van der Waals surface area contributed by atoms with E-state index in [1.165, 1.54) is 7.11 Å². The number of aliphatic hydroxyl groups is 3. The lowest BCUT2D eigenvalue weighted by Gasteiger charge is -2.41. The second-order valence-electron chi connectivity index (χ2n) is 10.1. The number of esters is 1. The maximum absolute atomic E-state index is 12.9. The second-order valence-corrected chi connectivity index (χ2v) is 10.1. The number of carbonyl (C=O) groups excluding carboxylic acids is 1. The van der Waals surface area contributed by atoms with Gasteiger partial charge < -0.3 is 29.5 Å². The maximum atomic E-state index is 12.9. The lowest BCUT2D eigenvalue weighted by Crippen LogP contribution is -2.46. The van der Waals surface area contributed by atoms with Crippen molar-refractivity contribution >= 4 is 5.97 Å². The predicted octanol–water partition coefficient (Wildman–Crippen LogP) is 2.24. The second kappa shape index (κ2) is 9.94. The summed E-state index contributed by atoms with van der Waals surface area (Å²) in [6, 6.07) is 0. The summed E-state index contributed by atoms with van der Waals surface area (Å²) in [4.78, 5) is 12.9. The summed E-state index contributed by atoms with van der Waals surface area (Å²) in [6.07, 6.45) is 4.35. The fraction of sp³-hybridized carbons (Fsp3) is 0.800. The molecule has 32 heavy (non-hydrogen) atoms. The molecule has 1 saturated heterocycles. The van der Waals surface area contributed by atoms with Crippen molar-refractivity contribution in [3.63, 3.8) is 0 Å². The van der Waals surface area contributed by atoms with Crippen LogP contribution in [0.1, 0.15) is 47.5 Å². The number of rotatable bonds is 6. The molecule has 1 aliphatic carbocycles. The lowest BCUT2D eigenvalue weighted by molar-refractivity contribution is -0.171. The summed E-state index contributed by atoms with van der Waals surface area (Å²) < 4.78 is 18.0. The lowest BCUT2D eigenvalue weighted by atomic mass is 9.69. The van der Waals surface area contributed by atoms with Gasteiger partial charge in [-0.05, 0) is 45.1 Å². The van der Waals surface area contributed by atoms with Gasteiger partial charge in [-0.3, -0.25) is 0 Å². The van der Waals surface area contributed by atoms with Crippen LogP contribution in [0.15, 0.2) is 23.8 Å². The molecule has 0 aromatic rings. The highest BCUT2D eigenvalue weighted by Crippen LogP contribution is 2.53. The fourth-order valence-electron chi connectivity index (χ4n) is 5.85. The molecule has 1 unspecified atom stereocenters. The summed E-state index contributed by atoms with van der Waals surface area (Å²) in [5.74, 6) is -1.04. The Morgan fingerprint density at radius 2 is 1.91 bits per heavy atom. The third-order valence-electron chi connectivity index (χ3n) is 8.01. The Bertz CT molecular complexity index is 730. The number of methoxy groups -OCH3 is 1. The van der Waals surface area contributed by atoms with Crippen molar-refractivity contribution < 1.29 is 34.3 Å². The zero-order valence-corrected chi connectivity index (χ0v) is 20.1. The molecule has 1 spiro atoms. The first-order valence-corrected chi connectivity index (χ1v) is 11.8. The van der Waals surface area contributed by atoms with E-state index in [2.05, 4.69) is 18.2 Å². The first-order chi connectivity index (χ1) is 15.0. The van der Waals surface area contributed by atoms with Crippen LogP contribution in [-0.4, -0.2) is 71.1 Å². The van der Waals surface area contributed by atoms with Crippen LogP contribution in [0.25, 0.3) is 0 Å². The normalized spacial score (nSPS) is 42.8. The molecular weight excluding hydrogens is 412 g/mol. The van der Waals surface area contributed by atoms with Gasteiger partial charge in [-0.1, -0.05) is 32.1 Å². The number of hydrogen-bond acceptors (Lipinski definition) is 7. The highest BCUT2D eigenvalue weighted by atomic mass is 16.6. The number of cyclic esters (lactones) is 1. The van der Waals surface area contributed by atoms with Gasteiger partial charge in [0.1, 0.15) is 6.10 Å². The van der Waals surface area contributed by atoms with Crippen molar-refractivity contribution in [2.24, 2.45) is 29.6 Å². The molecule has 3 rings (SSSR count).